The SMILES string of the molecule is CCCC(C)CC(CN)(C(=O)OCC)c1cccc(C)c1. The van der Waals surface area contributed by atoms with Crippen LogP contribution in [0.1, 0.15) is 51.2 Å². The summed E-state index contributed by atoms with van der Waals surface area (Å²) in [6.07, 6.45) is 2.94. The minimum atomic E-state index is -0.726. The van der Waals surface area contributed by atoms with Crippen molar-refractivity contribution >= 4 is 5.97 Å². The van der Waals surface area contributed by atoms with Crippen LogP contribution in [0.25, 0.3) is 0 Å². The third-order valence-electron chi connectivity index (χ3n) is 4.06. The second-order valence-corrected chi connectivity index (χ2v) is 5.97. The van der Waals surface area contributed by atoms with Gasteiger partial charge in [0.15, 0.2) is 0 Å². The van der Waals surface area contributed by atoms with Gasteiger partial charge in [-0.05, 0) is 31.7 Å². The number of rotatable bonds is 8. The number of hydrogen-bond acceptors (Lipinski definition) is 3. The molecular weight excluding hydrogens is 262 g/mol. The van der Waals surface area contributed by atoms with Crippen molar-refractivity contribution in [2.24, 2.45) is 11.7 Å². The summed E-state index contributed by atoms with van der Waals surface area (Å²) in [6, 6.07) is 8.07. The standard InChI is InChI=1S/C18H29NO2/c1-5-8-15(4)12-18(13-19,17(20)21-6-2)16-10-7-9-14(3)11-16/h7,9-11,15H,5-6,8,12-13,19H2,1-4H3. The Morgan fingerprint density at radius 1 is 1.38 bits per heavy atom. The van der Waals surface area contributed by atoms with Gasteiger partial charge in [0.25, 0.3) is 0 Å². The lowest BCUT2D eigenvalue weighted by Gasteiger charge is -2.33. The molecule has 0 aromatic heterocycles. The summed E-state index contributed by atoms with van der Waals surface area (Å²) in [5.74, 6) is 0.240. The molecule has 0 spiro atoms. The van der Waals surface area contributed by atoms with Gasteiger partial charge in [-0.1, -0.05) is 56.5 Å². The molecule has 0 heterocycles. The normalized spacial score (nSPS) is 15.3. The molecule has 0 saturated heterocycles. The fourth-order valence-corrected chi connectivity index (χ4v) is 3.01. The second-order valence-electron chi connectivity index (χ2n) is 5.97. The van der Waals surface area contributed by atoms with Crippen molar-refractivity contribution in [1.82, 2.24) is 0 Å². The number of carbonyl (C=O) groups excluding carboxylic acids is 1. The average molecular weight is 291 g/mol. The van der Waals surface area contributed by atoms with Crippen LogP contribution in [0.4, 0.5) is 0 Å². The first-order chi connectivity index (χ1) is 10.00. The zero-order valence-electron chi connectivity index (χ0n) is 13.8. The minimum Gasteiger partial charge on any atom is -0.465 e. The molecule has 0 saturated carbocycles. The highest BCUT2D eigenvalue weighted by molar-refractivity contribution is 5.83. The van der Waals surface area contributed by atoms with E-state index in [-0.39, 0.29) is 12.5 Å². The number of benzene rings is 1. The Morgan fingerprint density at radius 3 is 2.62 bits per heavy atom. The van der Waals surface area contributed by atoms with Crippen molar-refractivity contribution < 1.29 is 9.53 Å². The minimum absolute atomic E-state index is 0.193. The molecule has 118 valence electrons. The number of esters is 1. The molecular formula is C18H29NO2. The van der Waals surface area contributed by atoms with Crippen LogP contribution in [0.2, 0.25) is 0 Å². The fraction of sp³-hybridized carbons (Fsp3) is 0.611. The summed E-state index contributed by atoms with van der Waals surface area (Å²) in [7, 11) is 0. The molecule has 0 bridgehead atoms. The predicted molar refractivity (Wildman–Crippen MR) is 87.2 cm³/mol. The van der Waals surface area contributed by atoms with Gasteiger partial charge in [0, 0.05) is 6.54 Å². The largest absolute Gasteiger partial charge is 0.465 e. The van der Waals surface area contributed by atoms with E-state index >= 15 is 0 Å². The van der Waals surface area contributed by atoms with E-state index in [1.165, 1.54) is 0 Å². The molecule has 1 rings (SSSR count). The molecule has 3 heteroatoms. The van der Waals surface area contributed by atoms with E-state index in [2.05, 4.69) is 19.9 Å². The second kappa shape index (κ2) is 8.18. The molecule has 0 aliphatic heterocycles. The predicted octanol–water partition coefficient (Wildman–Crippen LogP) is 3.58. The summed E-state index contributed by atoms with van der Waals surface area (Å²) in [6.45, 7) is 8.88. The van der Waals surface area contributed by atoms with Crippen LogP contribution in [0, 0.1) is 12.8 Å². The smallest absolute Gasteiger partial charge is 0.317 e. The molecule has 1 aromatic rings. The number of nitrogens with two attached hydrogens (primary N) is 1. The van der Waals surface area contributed by atoms with Crippen LogP contribution < -0.4 is 5.73 Å². The highest BCUT2D eigenvalue weighted by atomic mass is 16.5. The van der Waals surface area contributed by atoms with E-state index in [4.69, 9.17) is 10.5 Å². The third kappa shape index (κ3) is 4.31. The monoisotopic (exact) mass is 291 g/mol. The highest BCUT2D eigenvalue weighted by Gasteiger charge is 2.41. The van der Waals surface area contributed by atoms with E-state index in [9.17, 15) is 4.79 Å². The molecule has 1 aromatic carbocycles. The van der Waals surface area contributed by atoms with Gasteiger partial charge in [-0.3, -0.25) is 4.79 Å². The van der Waals surface area contributed by atoms with Crippen molar-refractivity contribution in [2.45, 2.75) is 52.4 Å². The molecule has 0 aliphatic rings. The topological polar surface area (TPSA) is 52.3 Å². The first-order valence-electron chi connectivity index (χ1n) is 7.94. The van der Waals surface area contributed by atoms with Gasteiger partial charge in [-0.2, -0.15) is 0 Å². The molecule has 21 heavy (non-hydrogen) atoms. The lowest BCUT2D eigenvalue weighted by atomic mass is 9.73. The Balaban J connectivity index is 3.21. The zero-order valence-corrected chi connectivity index (χ0v) is 13.8. The Morgan fingerprint density at radius 2 is 2.10 bits per heavy atom. The number of ether oxygens (including phenoxy) is 1. The van der Waals surface area contributed by atoms with Crippen LogP contribution in [0.15, 0.2) is 24.3 Å². The fourth-order valence-electron chi connectivity index (χ4n) is 3.01. The number of hydrogen-bond donors (Lipinski definition) is 1. The molecule has 2 N–H and O–H groups in total. The first kappa shape index (κ1) is 17.7. The summed E-state index contributed by atoms with van der Waals surface area (Å²) >= 11 is 0. The van der Waals surface area contributed by atoms with Gasteiger partial charge in [0.05, 0.1) is 6.61 Å². The summed E-state index contributed by atoms with van der Waals surface area (Å²) in [5.41, 5.74) is 7.45. The zero-order chi connectivity index (χ0) is 15.9. The molecule has 2 atom stereocenters. The van der Waals surface area contributed by atoms with E-state index in [0.29, 0.717) is 12.5 Å². The van der Waals surface area contributed by atoms with Crippen LogP contribution in [-0.4, -0.2) is 19.1 Å². The Kier molecular flexibility index (Phi) is 6.90. The first-order valence-corrected chi connectivity index (χ1v) is 7.94. The number of carbonyl (C=O) groups is 1. The van der Waals surface area contributed by atoms with Gasteiger partial charge < -0.3 is 10.5 Å². The van der Waals surface area contributed by atoms with Crippen LogP contribution >= 0.6 is 0 Å². The lowest BCUT2D eigenvalue weighted by molar-refractivity contribution is -0.150. The van der Waals surface area contributed by atoms with Crippen LogP contribution in [0.3, 0.4) is 0 Å². The summed E-state index contributed by atoms with van der Waals surface area (Å²) < 4.78 is 5.35. The molecule has 0 fully saturated rings. The maximum atomic E-state index is 12.6. The van der Waals surface area contributed by atoms with Crippen molar-refractivity contribution in [1.29, 1.82) is 0 Å². The molecule has 3 nitrogen and oxygen atoms in total. The maximum Gasteiger partial charge on any atom is 0.317 e. The van der Waals surface area contributed by atoms with Gasteiger partial charge in [0.2, 0.25) is 0 Å². The molecule has 0 amide bonds. The van der Waals surface area contributed by atoms with E-state index < -0.39 is 5.41 Å². The molecule has 0 radical (unpaired) electrons. The van der Waals surface area contributed by atoms with Gasteiger partial charge in [-0.15, -0.1) is 0 Å². The van der Waals surface area contributed by atoms with Crippen molar-refractivity contribution in [3.8, 4) is 0 Å². The van der Waals surface area contributed by atoms with Gasteiger partial charge >= 0.3 is 5.97 Å². The Bertz CT molecular complexity index is 458. The summed E-state index contributed by atoms with van der Waals surface area (Å²) in [5, 5.41) is 0. The molecule has 2 unspecified atom stereocenters. The van der Waals surface area contributed by atoms with E-state index in [1.807, 2.05) is 32.0 Å². The van der Waals surface area contributed by atoms with Gasteiger partial charge in [-0.25, -0.2) is 0 Å². The van der Waals surface area contributed by atoms with Crippen LogP contribution in [0.5, 0.6) is 0 Å². The Labute approximate surface area is 128 Å². The average Bonchev–Trinajstić information content (AvgIpc) is 2.45. The maximum absolute atomic E-state index is 12.6. The number of aryl methyl sites for hydroxylation is 1. The van der Waals surface area contributed by atoms with Crippen molar-refractivity contribution in [3.63, 3.8) is 0 Å². The lowest BCUT2D eigenvalue weighted by Crippen LogP contribution is -2.45. The van der Waals surface area contributed by atoms with Crippen LogP contribution in [-0.2, 0) is 14.9 Å². The van der Waals surface area contributed by atoms with Crippen molar-refractivity contribution in [3.05, 3.63) is 35.4 Å². The highest BCUT2D eigenvalue weighted by Crippen LogP contribution is 2.34. The third-order valence-corrected chi connectivity index (χ3v) is 4.06. The quantitative estimate of drug-likeness (QED) is 0.745. The van der Waals surface area contributed by atoms with Crippen molar-refractivity contribution in [2.75, 3.05) is 13.2 Å². The van der Waals surface area contributed by atoms with Gasteiger partial charge in [0.1, 0.15) is 5.41 Å². The van der Waals surface area contributed by atoms with E-state index in [1.54, 1.807) is 0 Å². The Hall–Kier alpha value is -1.35. The van der Waals surface area contributed by atoms with E-state index in [0.717, 1.165) is 30.4 Å². The molecule has 0 aliphatic carbocycles. The summed E-state index contributed by atoms with van der Waals surface area (Å²) in [4.78, 5) is 12.6.